The highest BCUT2D eigenvalue weighted by Gasteiger charge is 2.22. The molecule has 0 spiro atoms. The SMILES string of the molecule is COc1ccc(/C(=N/O)c2ccccc2-c2nc3ccccc3c(=O)n2-c2ccc(S(=O)(=O)Nc3ncccn3)cc2)cc1C. The van der Waals surface area contributed by atoms with Gasteiger partial charge in [0.15, 0.2) is 0 Å². The van der Waals surface area contributed by atoms with Crippen LogP contribution in [0.5, 0.6) is 5.75 Å². The van der Waals surface area contributed by atoms with Crippen LogP contribution in [0.3, 0.4) is 0 Å². The van der Waals surface area contributed by atoms with Gasteiger partial charge in [-0.3, -0.25) is 9.36 Å². The van der Waals surface area contributed by atoms with Crippen LogP contribution in [0.15, 0.2) is 124 Å². The van der Waals surface area contributed by atoms with E-state index in [0.717, 1.165) is 5.56 Å². The molecule has 0 fully saturated rings. The van der Waals surface area contributed by atoms with Gasteiger partial charge in [-0.2, -0.15) is 0 Å². The predicted octanol–water partition coefficient (Wildman–Crippen LogP) is 5.19. The van der Waals surface area contributed by atoms with Gasteiger partial charge in [-0.25, -0.2) is 28.1 Å². The highest BCUT2D eigenvalue weighted by Crippen LogP contribution is 2.29. The first kappa shape index (κ1) is 29.2. The Morgan fingerprint density at radius 2 is 1.62 bits per heavy atom. The Bertz CT molecular complexity index is 2240. The molecule has 2 aromatic heterocycles. The number of nitrogens with one attached hydrogen (secondary N) is 1. The lowest BCUT2D eigenvalue weighted by molar-refractivity contribution is 0.319. The van der Waals surface area contributed by atoms with Gasteiger partial charge in [-0.15, -0.1) is 0 Å². The molecule has 0 aliphatic rings. The number of aromatic nitrogens is 4. The number of anilines is 1. The third-order valence-corrected chi connectivity index (χ3v) is 8.51. The van der Waals surface area contributed by atoms with Crippen molar-refractivity contribution in [3.8, 4) is 22.8 Å². The number of methoxy groups -OCH3 is 1. The van der Waals surface area contributed by atoms with E-state index in [9.17, 15) is 18.4 Å². The number of rotatable bonds is 8. The zero-order valence-corrected chi connectivity index (χ0v) is 24.9. The summed E-state index contributed by atoms with van der Waals surface area (Å²) >= 11 is 0. The molecule has 0 unspecified atom stereocenters. The molecule has 0 aliphatic carbocycles. The molecule has 0 atom stereocenters. The van der Waals surface area contributed by atoms with Crippen LogP contribution in [0.25, 0.3) is 28.0 Å². The highest BCUT2D eigenvalue weighted by molar-refractivity contribution is 7.92. The van der Waals surface area contributed by atoms with E-state index in [4.69, 9.17) is 9.72 Å². The number of nitrogens with zero attached hydrogens (tertiary/aromatic N) is 5. The lowest BCUT2D eigenvalue weighted by atomic mass is 9.95. The second kappa shape index (κ2) is 12.0. The summed E-state index contributed by atoms with van der Waals surface area (Å²) in [6.07, 6.45) is 2.85. The maximum absolute atomic E-state index is 14.1. The molecule has 0 saturated carbocycles. The largest absolute Gasteiger partial charge is 0.496 e. The minimum atomic E-state index is -4.01. The topological polar surface area (TPSA) is 149 Å². The summed E-state index contributed by atoms with van der Waals surface area (Å²) < 4.78 is 35.2. The molecule has 224 valence electrons. The Morgan fingerprint density at radius 1 is 0.911 bits per heavy atom. The maximum Gasteiger partial charge on any atom is 0.266 e. The highest BCUT2D eigenvalue weighted by atomic mass is 32.2. The zero-order chi connectivity index (χ0) is 31.6. The molecule has 0 aliphatic heterocycles. The van der Waals surface area contributed by atoms with Crippen LogP contribution in [0.4, 0.5) is 5.95 Å². The van der Waals surface area contributed by atoms with Crippen molar-refractivity contribution in [3.63, 3.8) is 0 Å². The fraction of sp³-hybridized carbons (Fsp3) is 0.0606. The minimum Gasteiger partial charge on any atom is -0.496 e. The van der Waals surface area contributed by atoms with Gasteiger partial charge in [0, 0.05) is 29.1 Å². The van der Waals surface area contributed by atoms with E-state index in [1.54, 1.807) is 73.8 Å². The molecule has 0 saturated heterocycles. The van der Waals surface area contributed by atoms with Crippen LogP contribution >= 0.6 is 0 Å². The first-order chi connectivity index (χ1) is 21.8. The first-order valence-corrected chi connectivity index (χ1v) is 15.2. The Labute approximate surface area is 258 Å². The molecule has 12 heteroatoms. The maximum atomic E-state index is 14.1. The average Bonchev–Trinajstić information content (AvgIpc) is 3.06. The normalized spacial score (nSPS) is 11.8. The molecule has 11 nitrogen and oxygen atoms in total. The molecule has 2 heterocycles. The Balaban J connectivity index is 1.51. The standard InChI is InChI=1S/C33H26N6O5S/c1-21-20-22(12-17-29(21)44-2)30(37-41)25-8-3-4-9-26(25)31-36-28-11-6-5-10-27(28)32(40)39(31)23-13-15-24(16-14-23)45(42,43)38-33-34-18-7-19-35-33/h3-20,41H,1-2H3,(H,34,35,38)/b37-30-. The second-order valence-corrected chi connectivity index (χ2v) is 11.6. The molecular formula is C33H26N6O5S. The van der Waals surface area contributed by atoms with Gasteiger partial charge in [0.2, 0.25) is 5.95 Å². The summed E-state index contributed by atoms with van der Waals surface area (Å²) in [7, 11) is -2.43. The van der Waals surface area contributed by atoms with Crippen molar-refractivity contribution < 1.29 is 18.4 Å². The van der Waals surface area contributed by atoms with Crippen molar-refractivity contribution >= 4 is 32.6 Å². The molecular weight excluding hydrogens is 592 g/mol. The van der Waals surface area contributed by atoms with Gasteiger partial charge in [0.1, 0.15) is 17.3 Å². The van der Waals surface area contributed by atoms with Crippen LogP contribution in [0, 0.1) is 6.92 Å². The van der Waals surface area contributed by atoms with E-state index >= 15 is 0 Å². The zero-order valence-electron chi connectivity index (χ0n) is 24.1. The monoisotopic (exact) mass is 618 g/mol. The van der Waals surface area contributed by atoms with Crippen LogP contribution in [0.1, 0.15) is 16.7 Å². The fourth-order valence-corrected chi connectivity index (χ4v) is 5.99. The molecule has 0 radical (unpaired) electrons. The van der Waals surface area contributed by atoms with E-state index in [1.807, 2.05) is 13.0 Å². The molecule has 2 N–H and O–H groups in total. The van der Waals surface area contributed by atoms with Gasteiger partial charge in [-0.05, 0) is 73.2 Å². The lowest BCUT2D eigenvalue weighted by Crippen LogP contribution is -2.23. The third kappa shape index (κ3) is 5.61. The fourth-order valence-electron chi connectivity index (χ4n) is 5.04. The summed E-state index contributed by atoms with van der Waals surface area (Å²) in [6, 6.07) is 26.9. The molecule has 6 aromatic rings. The summed E-state index contributed by atoms with van der Waals surface area (Å²) in [6.45, 7) is 1.89. The van der Waals surface area contributed by atoms with Crippen molar-refractivity contribution in [1.82, 2.24) is 19.5 Å². The van der Waals surface area contributed by atoms with E-state index in [-0.39, 0.29) is 27.9 Å². The second-order valence-electron chi connectivity index (χ2n) is 9.94. The van der Waals surface area contributed by atoms with E-state index in [0.29, 0.717) is 39.0 Å². The number of para-hydroxylation sites is 1. The van der Waals surface area contributed by atoms with Crippen LogP contribution < -0.4 is 15.0 Å². The van der Waals surface area contributed by atoms with Crippen molar-refractivity contribution in [2.45, 2.75) is 11.8 Å². The number of hydrogen-bond acceptors (Lipinski definition) is 9. The van der Waals surface area contributed by atoms with Crippen LogP contribution in [0.2, 0.25) is 0 Å². The summed E-state index contributed by atoms with van der Waals surface area (Å²) in [4.78, 5) is 26.7. The molecule has 0 bridgehead atoms. The quantitative estimate of drug-likeness (QED) is 0.135. The molecule has 6 rings (SSSR count). The summed E-state index contributed by atoms with van der Waals surface area (Å²) in [5.74, 6) is 0.891. The Kier molecular flexibility index (Phi) is 7.80. The number of oxime groups is 1. The predicted molar refractivity (Wildman–Crippen MR) is 171 cm³/mol. The van der Waals surface area contributed by atoms with Crippen molar-refractivity contribution in [3.05, 3.63) is 136 Å². The smallest absolute Gasteiger partial charge is 0.266 e. The number of ether oxygens (including phenoxy) is 1. The first-order valence-electron chi connectivity index (χ1n) is 13.7. The van der Waals surface area contributed by atoms with Gasteiger partial charge in [0.25, 0.3) is 15.6 Å². The van der Waals surface area contributed by atoms with Gasteiger partial charge >= 0.3 is 0 Å². The number of sulfonamides is 1. The van der Waals surface area contributed by atoms with Crippen molar-refractivity contribution in [2.75, 3.05) is 11.8 Å². The Hall–Kier alpha value is -5.88. The van der Waals surface area contributed by atoms with E-state index in [1.165, 1.54) is 41.2 Å². The van der Waals surface area contributed by atoms with Gasteiger partial charge in [0.05, 0.1) is 28.6 Å². The minimum absolute atomic E-state index is 0.0490. The lowest BCUT2D eigenvalue weighted by Gasteiger charge is -2.18. The number of benzene rings is 4. The Morgan fingerprint density at radius 3 is 2.33 bits per heavy atom. The van der Waals surface area contributed by atoms with Crippen molar-refractivity contribution in [1.29, 1.82) is 0 Å². The molecule has 4 aromatic carbocycles. The number of aryl methyl sites for hydroxylation is 1. The van der Waals surface area contributed by atoms with E-state index in [2.05, 4.69) is 19.8 Å². The number of fused-ring (bicyclic) bond motifs is 1. The van der Waals surface area contributed by atoms with Crippen LogP contribution in [-0.4, -0.2) is 46.0 Å². The van der Waals surface area contributed by atoms with Crippen molar-refractivity contribution in [2.24, 2.45) is 5.16 Å². The molecule has 45 heavy (non-hydrogen) atoms. The van der Waals surface area contributed by atoms with Gasteiger partial charge in [-0.1, -0.05) is 41.6 Å². The average molecular weight is 619 g/mol. The summed E-state index contributed by atoms with van der Waals surface area (Å²) in [5, 5.41) is 14.3. The van der Waals surface area contributed by atoms with Gasteiger partial charge < -0.3 is 9.94 Å². The third-order valence-electron chi connectivity index (χ3n) is 7.16. The summed E-state index contributed by atoms with van der Waals surface area (Å²) in [5.41, 5.74) is 3.26. The molecule has 0 amide bonds. The number of hydrogen-bond donors (Lipinski definition) is 2. The van der Waals surface area contributed by atoms with Crippen LogP contribution in [-0.2, 0) is 10.0 Å². The van der Waals surface area contributed by atoms with E-state index < -0.39 is 10.0 Å².